The van der Waals surface area contributed by atoms with Crippen LogP contribution < -0.4 is 0 Å². The summed E-state index contributed by atoms with van der Waals surface area (Å²) in [6.07, 6.45) is 10.6. The van der Waals surface area contributed by atoms with Gasteiger partial charge in [0.15, 0.2) is 0 Å². The second-order valence-electron chi connectivity index (χ2n) is 4.26. The molecule has 1 atom stereocenters. The van der Waals surface area contributed by atoms with Crippen molar-refractivity contribution >= 4 is 0 Å². The number of hydrogen-bond donors (Lipinski definition) is 0. The summed E-state index contributed by atoms with van der Waals surface area (Å²) in [5.41, 5.74) is 3.30. The highest BCUT2D eigenvalue weighted by Crippen LogP contribution is 2.20. The van der Waals surface area contributed by atoms with Crippen molar-refractivity contribution in [3.8, 4) is 6.07 Å². The number of nitriles is 1. The molecule has 1 aromatic rings. The molecule has 1 nitrogen and oxygen atoms in total. The molecule has 0 saturated carbocycles. The molecule has 84 valence electrons. The van der Waals surface area contributed by atoms with E-state index in [9.17, 15) is 0 Å². The van der Waals surface area contributed by atoms with Crippen LogP contribution in [0, 0.1) is 17.2 Å². The molecule has 17 heavy (non-hydrogen) atoms. The molecule has 0 aliphatic heterocycles. The van der Waals surface area contributed by atoms with Crippen molar-refractivity contribution in [1.82, 2.24) is 0 Å². The molecule has 0 saturated heterocycles. The molecule has 1 aliphatic rings. The first-order valence-corrected chi connectivity index (χ1v) is 5.80. The largest absolute Gasteiger partial charge is 0.192 e. The summed E-state index contributed by atoms with van der Waals surface area (Å²) in [6.45, 7) is 3.80. The van der Waals surface area contributed by atoms with Gasteiger partial charge in [-0.2, -0.15) is 5.26 Å². The van der Waals surface area contributed by atoms with E-state index in [-0.39, 0.29) is 0 Å². The molecule has 2 rings (SSSR count). The third kappa shape index (κ3) is 2.95. The summed E-state index contributed by atoms with van der Waals surface area (Å²) in [5.74, 6) is 0.486. The van der Waals surface area contributed by atoms with Gasteiger partial charge in [-0.25, -0.2) is 0 Å². The Bertz CT molecular complexity index is 497. The number of benzene rings is 1. The quantitative estimate of drug-likeness (QED) is 0.712. The van der Waals surface area contributed by atoms with Gasteiger partial charge in [0.2, 0.25) is 0 Å². The van der Waals surface area contributed by atoms with Crippen LogP contribution in [-0.2, 0) is 6.42 Å². The van der Waals surface area contributed by atoms with E-state index in [0.29, 0.717) is 11.5 Å². The Hall–Kier alpha value is -2.07. The van der Waals surface area contributed by atoms with Gasteiger partial charge in [-0.1, -0.05) is 36.4 Å². The van der Waals surface area contributed by atoms with Crippen LogP contribution in [0.25, 0.3) is 0 Å². The average molecular weight is 221 g/mol. The maximum atomic E-state index is 8.72. The number of nitrogens with zero attached hydrogens (tertiary/aromatic N) is 1. The van der Waals surface area contributed by atoms with E-state index in [1.54, 1.807) is 0 Å². The Morgan fingerprint density at radius 3 is 2.65 bits per heavy atom. The first-order valence-electron chi connectivity index (χ1n) is 5.80. The zero-order valence-corrected chi connectivity index (χ0v) is 9.76. The van der Waals surface area contributed by atoms with E-state index in [0.717, 1.165) is 12.8 Å². The lowest BCUT2D eigenvalue weighted by atomic mass is 9.93. The molecule has 1 aliphatic carbocycles. The Labute approximate surface area is 102 Å². The standard InChI is InChI=1S/C16H15N/c1-2-13-3-5-14(6-4-13)11-15-7-9-16(12-17)10-8-15/h2-3,5-10,13H,1,4,11H2. The summed E-state index contributed by atoms with van der Waals surface area (Å²) in [4.78, 5) is 0. The van der Waals surface area contributed by atoms with Crippen molar-refractivity contribution in [2.45, 2.75) is 12.8 Å². The molecule has 1 heteroatoms. The van der Waals surface area contributed by atoms with Crippen LogP contribution in [-0.4, -0.2) is 0 Å². The van der Waals surface area contributed by atoms with Gasteiger partial charge in [0.1, 0.15) is 0 Å². The molecular weight excluding hydrogens is 206 g/mol. The molecule has 0 heterocycles. The molecular formula is C16H15N. The molecule has 0 fully saturated rings. The fourth-order valence-electron chi connectivity index (χ4n) is 1.92. The van der Waals surface area contributed by atoms with Crippen molar-refractivity contribution in [2.24, 2.45) is 5.92 Å². The van der Waals surface area contributed by atoms with Crippen LogP contribution in [0.4, 0.5) is 0 Å². The summed E-state index contributed by atoms with van der Waals surface area (Å²) < 4.78 is 0. The molecule has 1 aromatic carbocycles. The van der Waals surface area contributed by atoms with Crippen molar-refractivity contribution in [3.63, 3.8) is 0 Å². The van der Waals surface area contributed by atoms with Gasteiger partial charge in [0.25, 0.3) is 0 Å². The topological polar surface area (TPSA) is 23.8 Å². The minimum absolute atomic E-state index is 0.486. The normalized spacial score (nSPS) is 18.3. The monoisotopic (exact) mass is 221 g/mol. The Kier molecular flexibility index (Phi) is 3.57. The van der Waals surface area contributed by atoms with Gasteiger partial charge in [0.05, 0.1) is 11.6 Å². The Morgan fingerprint density at radius 2 is 2.12 bits per heavy atom. The number of hydrogen-bond acceptors (Lipinski definition) is 1. The Morgan fingerprint density at radius 1 is 1.35 bits per heavy atom. The van der Waals surface area contributed by atoms with Crippen LogP contribution in [0.3, 0.4) is 0 Å². The molecule has 0 spiro atoms. The second-order valence-corrected chi connectivity index (χ2v) is 4.26. The van der Waals surface area contributed by atoms with E-state index in [1.165, 1.54) is 11.1 Å². The zero-order valence-electron chi connectivity index (χ0n) is 9.76. The number of allylic oxidation sites excluding steroid dienone is 5. The summed E-state index contributed by atoms with van der Waals surface area (Å²) in [5, 5.41) is 8.72. The predicted molar refractivity (Wildman–Crippen MR) is 70.4 cm³/mol. The summed E-state index contributed by atoms with van der Waals surface area (Å²) in [6, 6.07) is 9.91. The van der Waals surface area contributed by atoms with E-state index in [4.69, 9.17) is 5.26 Å². The summed E-state index contributed by atoms with van der Waals surface area (Å²) in [7, 11) is 0. The number of rotatable bonds is 3. The predicted octanol–water partition coefficient (Wildman–Crippen LogP) is 3.79. The fraction of sp³-hybridized carbons (Fsp3) is 0.188. The van der Waals surface area contributed by atoms with E-state index < -0.39 is 0 Å². The van der Waals surface area contributed by atoms with Gasteiger partial charge in [-0.15, -0.1) is 6.58 Å². The maximum absolute atomic E-state index is 8.72. The lowest BCUT2D eigenvalue weighted by molar-refractivity contribution is 0.811. The smallest absolute Gasteiger partial charge is 0.0991 e. The highest BCUT2D eigenvalue weighted by molar-refractivity contribution is 5.36. The van der Waals surface area contributed by atoms with Crippen LogP contribution in [0.5, 0.6) is 0 Å². The van der Waals surface area contributed by atoms with Crippen LogP contribution in [0.1, 0.15) is 17.5 Å². The first kappa shape index (κ1) is 11.4. The zero-order chi connectivity index (χ0) is 12.1. The average Bonchev–Trinajstić information content (AvgIpc) is 2.40. The minimum Gasteiger partial charge on any atom is -0.192 e. The van der Waals surface area contributed by atoms with E-state index >= 15 is 0 Å². The second kappa shape index (κ2) is 5.32. The third-order valence-corrected chi connectivity index (χ3v) is 3.00. The molecule has 0 aromatic heterocycles. The fourth-order valence-corrected chi connectivity index (χ4v) is 1.92. The highest BCUT2D eigenvalue weighted by Gasteiger charge is 2.05. The lowest BCUT2D eigenvalue weighted by Gasteiger charge is -2.12. The lowest BCUT2D eigenvalue weighted by Crippen LogP contribution is -1.98. The van der Waals surface area contributed by atoms with Crippen molar-refractivity contribution in [2.75, 3.05) is 0 Å². The van der Waals surface area contributed by atoms with Crippen molar-refractivity contribution < 1.29 is 0 Å². The minimum atomic E-state index is 0.486. The van der Waals surface area contributed by atoms with Crippen LogP contribution in [0.15, 0.2) is 60.7 Å². The van der Waals surface area contributed by atoms with Gasteiger partial charge < -0.3 is 0 Å². The SMILES string of the molecule is C=CC1C=CC(Cc2ccc(C#N)cc2)=CC1. The van der Waals surface area contributed by atoms with Gasteiger partial charge in [0, 0.05) is 0 Å². The molecule has 0 bridgehead atoms. The molecule has 1 unspecified atom stereocenters. The third-order valence-electron chi connectivity index (χ3n) is 3.00. The highest BCUT2D eigenvalue weighted by atomic mass is 14.2. The maximum Gasteiger partial charge on any atom is 0.0991 e. The van der Waals surface area contributed by atoms with Crippen LogP contribution in [0.2, 0.25) is 0 Å². The molecule has 0 amide bonds. The molecule has 0 radical (unpaired) electrons. The molecule has 0 N–H and O–H groups in total. The Balaban J connectivity index is 2.02. The van der Waals surface area contributed by atoms with Gasteiger partial charge >= 0.3 is 0 Å². The van der Waals surface area contributed by atoms with Crippen molar-refractivity contribution in [1.29, 1.82) is 5.26 Å². The van der Waals surface area contributed by atoms with Gasteiger partial charge in [-0.05, 0) is 42.0 Å². The van der Waals surface area contributed by atoms with Gasteiger partial charge in [-0.3, -0.25) is 0 Å². The summed E-state index contributed by atoms with van der Waals surface area (Å²) >= 11 is 0. The van der Waals surface area contributed by atoms with E-state index in [1.807, 2.05) is 30.3 Å². The van der Waals surface area contributed by atoms with Crippen molar-refractivity contribution in [3.05, 3.63) is 71.8 Å². The van der Waals surface area contributed by atoms with Crippen LogP contribution >= 0.6 is 0 Å². The van der Waals surface area contributed by atoms with E-state index in [2.05, 4.69) is 30.9 Å². The first-order chi connectivity index (χ1) is 8.31.